The van der Waals surface area contributed by atoms with Gasteiger partial charge in [0.05, 0.1) is 5.56 Å². The van der Waals surface area contributed by atoms with E-state index in [0.29, 0.717) is 16.3 Å². The Bertz CT molecular complexity index is 853. The van der Waals surface area contributed by atoms with E-state index >= 15 is 0 Å². The Balaban J connectivity index is 0.00000280. The van der Waals surface area contributed by atoms with Gasteiger partial charge in [0.25, 0.3) is 11.8 Å². The van der Waals surface area contributed by atoms with Crippen LogP contribution in [0, 0.1) is 6.92 Å². The number of para-hydroxylation sites is 1. The van der Waals surface area contributed by atoms with Crippen LogP contribution in [-0.4, -0.2) is 36.4 Å². The maximum absolute atomic E-state index is 12.4. The number of thiophene rings is 1. The summed E-state index contributed by atoms with van der Waals surface area (Å²) in [5.74, 6) is -0.125. The third kappa shape index (κ3) is 5.04. The van der Waals surface area contributed by atoms with Crippen molar-refractivity contribution >= 4 is 40.6 Å². The number of fused-ring (bicyclic) bond motifs is 1. The highest BCUT2D eigenvalue weighted by Gasteiger charge is 2.27. The van der Waals surface area contributed by atoms with Gasteiger partial charge in [-0.2, -0.15) is 0 Å². The summed E-state index contributed by atoms with van der Waals surface area (Å²) in [5.41, 5.74) is 8.01. The van der Waals surface area contributed by atoms with Crippen molar-refractivity contribution in [3.05, 3.63) is 45.8 Å². The average Bonchev–Trinajstić information content (AvgIpc) is 2.98. The highest BCUT2D eigenvalue weighted by atomic mass is 35.5. The van der Waals surface area contributed by atoms with Crippen molar-refractivity contribution < 1.29 is 14.3 Å². The number of nitrogens with two attached hydrogens (primary N) is 1. The number of carbonyl (C=O) groups excluding carboxylic acids is 2. The van der Waals surface area contributed by atoms with Gasteiger partial charge in [0.1, 0.15) is 10.8 Å². The number of amides is 2. The number of nitrogens with zero attached hydrogens (tertiary/aromatic N) is 1. The zero-order chi connectivity index (χ0) is 19.4. The van der Waals surface area contributed by atoms with Crippen molar-refractivity contribution in [2.45, 2.75) is 33.2 Å². The van der Waals surface area contributed by atoms with Crippen molar-refractivity contribution in [1.82, 2.24) is 4.90 Å². The maximum atomic E-state index is 12.4. The van der Waals surface area contributed by atoms with Gasteiger partial charge in [0.15, 0.2) is 6.61 Å². The van der Waals surface area contributed by atoms with E-state index in [-0.39, 0.29) is 24.9 Å². The quantitative estimate of drug-likeness (QED) is 0.715. The largest absolute Gasteiger partial charge is 0.483 e. The number of hydrogen-bond acceptors (Lipinski definition) is 5. The normalized spacial score (nSPS) is 13.4. The minimum atomic E-state index is -0.494. The molecule has 1 aromatic carbocycles. The number of aryl methyl sites for hydroxylation is 1. The van der Waals surface area contributed by atoms with Crippen molar-refractivity contribution in [3.63, 3.8) is 0 Å². The van der Waals surface area contributed by atoms with Gasteiger partial charge in [-0.1, -0.05) is 25.1 Å². The molecule has 152 valence electrons. The fraction of sp³-hybridized carbons (Fsp3) is 0.400. The highest BCUT2D eigenvalue weighted by Crippen LogP contribution is 2.37. The molecule has 0 aliphatic carbocycles. The zero-order valence-corrected chi connectivity index (χ0v) is 17.8. The molecule has 1 aromatic heterocycles. The van der Waals surface area contributed by atoms with Gasteiger partial charge in [0.2, 0.25) is 0 Å². The van der Waals surface area contributed by atoms with Gasteiger partial charge in [-0.05, 0) is 43.5 Å². The lowest BCUT2D eigenvalue weighted by Crippen LogP contribution is -2.31. The summed E-state index contributed by atoms with van der Waals surface area (Å²) >= 11 is 1.44. The number of benzene rings is 1. The monoisotopic (exact) mass is 423 g/mol. The summed E-state index contributed by atoms with van der Waals surface area (Å²) in [6.07, 6.45) is 1.86. The number of anilines is 1. The summed E-state index contributed by atoms with van der Waals surface area (Å²) < 4.78 is 5.59. The molecule has 0 saturated heterocycles. The molecule has 3 rings (SSSR count). The van der Waals surface area contributed by atoms with Crippen LogP contribution in [-0.2, 0) is 17.8 Å². The smallest absolute Gasteiger partial charge is 0.262 e. The van der Waals surface area contributed by atoms with Crippen LogP contribution in [0.1, 0.15) is 39.7 Å². The zero-order valence-electron chi connectivity index (χ0n) is 16.1. The molecule has 6 nitrogen and oxygen atoms in total. The summed E-state index contributed by atoms with van der Waals surface area (Å²) in [6.45, 7) is 6.68. The van der Waals surface area contributed by atoms with Crippen molar-refractivity contribution in [1.29, 1.82) is 0 Å². The first-order chi connectivity index (χ1) is 13.0. The maximum Gasteiger partial charge on any atom is 0.262 e. The Morgan fingerprint density at radius 3 is 2.75 bits per heavy atom. The second kappa shape index (κ2) is 9.91. The van der Waals surface area contributed by atoms with Crippen LogP contribution in [0.5, 0.6) is 5.75 Å². The van der Waals surface area contributed by atoms with E-state index < -0.39 is 5.91 Å². The fourth-order valence-electron chi connectivity index (χ4n) is 3.34. The number of nitrogens with one attached hydrogen (secondary N) is 1. The molecule has 8 heteroatoms. The third-order valence-electron chi connectivity index (χ3n) is 4.63. The number of ether oxygens (including phenoxy) is 1. The highest BCUT2D eigenvalue weighted by molar-refractivity contribution is 7.17. The number of hydrogen-bond donors (Lipinski definition) is 2. The van der Waals surface area contributed by atoms with Crippen molar-refractivity contribution in [2.75, 3.05) is 25.0 Å². The molecule has 2 aromatic rings. The lowest BCUT2D eigenvalue weighted by Gasteiger charge is -2.26. The molecule has 0 unspecified atom stereocenters. The fourth-order valence-corrected chi connectivity index (χ4v) is 4.65. The SMILES string of the molecule is CCCN1CCc2c(sc(NC(=O)COc3ccccc3C)c2C(N)=O)C1.Cl. The molecular formula is C20H26ClN3O3S. The van der Waals surface area contributed by atoms with E-state index in [0.717, 1.165) is 48.5 Å². The minimum absolute atomic E-state index is 0. The summed E-state index contributed by atoms with van der Waals surface area (Å²) in [5, 5.41) is 3.35. The molecule has 0 saturated carbocycles. The first-order valence-electron chi connectivity index (χ1n) is 9.14. The lowest BCUT2D eigenvalue weighted by atomic mass is 10.0. The molecule has 28 heavy (non-hydrogen) atoms. The van der Waals surface area contributed by atoms with Crippen LogP contribution in [0.25, 0.3) is 0 Å². The molecule has 0 radical (unpaired) electrons. The van der Waals surface area contributed by atoms with Gasteiger partial charge in [0, 0.05) is 18.0 Å². The predicted molar refractivity (Wildman–Crippen MR) is 115 cm³/mol. The first kappa shape index (κ1) is 22.2. The number of halogens is 1. The number of rotatable bonds is 7. The minimum Gasteiger partial charge on any atom is -0.483 e. The Morgan fingerprint density at radius 2 is 2.07 bits per heavy atom. The van der Waals surface area contributed by atoms with Crippen LogP contribution >= 0.6 is 23.7 Å². The third-order valence-corrected chi connectivity index (χ3v) is 5.76. The average molecular weight is 424 g/mol. The van der Waals surface area contributed by atoms with Crippen LogP contribution in [0.3, 0.4) is 0 Å². The van der Waals surface area contributed by atoms with E-state index in [1.807, 2.05) is 31.2 Å². The Labute approximate surface area is 175 Å². The molecule has 2 heterocycles. The molecule has 0 spiro atoms. The lowest BCUT2D eigenvalue weighted by molar-refractivity contribution is -0.118. The number of carbonyl (C=O) groups is 2. The molecule has 3 N–H and O–H groups in total. The molecule has 1 aliphatic rings. The van der Waals surface area contributed by atoms with Gasteiger partial charge < -0.3 is 15.8 Å². The van der Waals surface area contributed by atoms with E-state index in [1.165, 1.54) is 11.3 Å². The topological polar surface area (TPSA) is 84.7 Å². The second-order valence-electron chi connectivity index (χ2n) is 6.70. The Hall–Kier alpha value is -2.09. The molecule has 0 bridgehead atoms. The van der Waals surface area contributed by atoms with Gasteiger partial charge in [-0.25, -0.2) is 0 Å². The Morgan fingerprint density at radius 1 is 1.32 bits per heavy atom. The second-order valence-corrected chi connectivity index (χ2v) is 7.81. The summed E-state index contributed by atoms with van der Waals surface area (Å²) in [7, 11) is 0. The van der Waals surface area contributed by atoms with Crippen LogP contribution in [0.15, 0.2) is 24.3 Å². The van der Waals surface area contributed by atoms with E-state index in [4.69, 9.17) is 10.5 Å². The van der Waals surface area contributed by atoms with E-state index in [9.17, 15) is 9.59 Å². The van der Waals surface area contributed by atoms with Crippen molar-refractivity contribution in [3.8, 4) is 5.75 Å². The van der Waals surface area contributed by atoms with Crippen molar-refractivity contribution in [2.24, 2.45) is 5.73 Å². The molecule has 2 amide bonds. The van der Waals surface area contributed by atoms with Gasteiger partial charge >= 0.3 is 0 Å². The molecule has 0 atom stereocenters. The van der Waals surface area contributed by atoms with Gasteiger partial charge in [-0.15, -0.1) is 23.7 Å². The van der Waals surface area contributed by atoms with Crippen LogP contribution in [0.4, 0.5) is 5.00 Å². The standard InChI is InChI=1S/C20H25N3O3S.ClH/c1-3-9-23-10-8-14-16(11-23)27-20(18(14)19(21)25)22-17(24)12-26-15-7-5-4-6-13(15)2;/h4-7H,3,8-12H2,1-2H3,(H2,21,25)(H,22,24);1H. The van der Waals surface area contributed by atoms with E-state index in [1.54, 1.807) is 0 Å². The van der Waals surface area contributed by atoms with E-state index in [2.05, 4.69) is 17.1 Å². The first-order valence-corrected chi connectivity index (χ1v) is 9.96. The van der Waals surface area contributed by atoms with Crippen LogP contribution < -0.4 is 15.8 Å². The predicted octanol–water partition coefficient (Wildman–Crippen LogP) is 3.36. The molecular weight excluding hydrogens is 398 g/mol. The Kier molecular flexibility index (Phi) is 7.86. The molecule has 1 aliphatic heterocycles. The number of primary amides is 1. The summed E-state index contributed by atoms with van der Waals surface area (Å²) in [6, 6.07) is 7.53. The molecule has 0 fully saturated rings. The van der Waals surface area contributed by atoms with Crippen LogP contribution in [0.2, 0.25) is 0 Å². The summed E-state index contributed by atoms with van der Waals surface area (Å²) in [4.78, 5) is 27.8. The van der Waals surface area contributed by atoms with Gasteiger partial charge in [-0.3, -0.25) is 14.5 Å².